The molecule has 0 saturated carbocycles. The van der Waals surface area contributed by atoms with E-state index in [9.17, 15) is 4.79 Å². The van der Waals surface area contributed by atoms with Gasteiger partial charge in [-0.3, -0.25) is 9.79 Å². The van der Waals surface area contributed by atoms with Crippen LogP contribution in [0.1, 0.15) is 43.2 Å². The Balaban J connectivity index is 1.47. The maximum Gasteiger partial charge on any atom is 0.229 e. The quantitative estimate of drug-likeness (QED) is 0.841. The molecule has 0 bridgehead atoms. The molecular formula is C16H20N4OS2. The molecule has 0 spiro atoms. The highest BCUT2D eigenvalue weighted by atomic mass is 32.2. The second kappa shape index (κ2) is 6.65. The molecule has 23 heavy (non-hydrogen) atoms. The fourth-order valence-corrected chi connectivity index (χ4v) is 5.15. The van der Waals surface area contributed by atoms with E-state index in [2.05, 4.69) is 20.3 Å². The molecule has 0 radical (unpaired) electrons. The number of thiazole rings is 1. The molecule has 122 valence electrons. The summed E-state index contributed by atoms with van der Waals surface area (Å²) in [6.45, 7) is 2.75. The zero-order chi connectivity index (χ0) is 15.6. The van der Waals surface area contributed by atoms with Crippen LogP contribution < -0.4 is 0 Å². The summed E-state index contributed by atoms with van der Waals surface area (Å²) in [6, 6.07) is 0.167. The Kier molecular flexibility index (Phi) is 4.39. The predicted molar refractivity (Wildman–Crippen MR) is 94.3 cm³/mol. The minimum atomic E-state index is 0.167. The number of aliphatic imine (C=N–C) groups is 1. The molecule has 1 atom stereocenters. The van der Waals surface area contributed by atoms with Crippen molar-refractivity contribution >= 4 is 34.2 Å². The Labute approximate surface area is 144 Å². The number of carbonyl (C=O) groups excluding carboxylic acids is 1. The van der Waals surface area contributed by atoms with Gasteiger partial charge in [0, 0.05) is 36.9 Å². The summed E-state index contributed by atoms with van der Waals surface area (Å²) in [5, 5.41) is 6.24. The van der Waals surface area contributed by atoms with Crippen molar-refractivity contribution in [2.45, 2.75) is 38.1 Å². The first-order chi connectivity index (χ1) is 11.3. The average Bonchev–Trinajstić information content (AvgIpc) is 3.25. The zero-order valence-corrected chi connectivity index (χ0v) is 14.6. The Hall–Kier alpha value is -1.34. The van der Waals surface area contributed by atoms with Crippen LogP contribution in [0.4, 0.5) is 0 Å². The number of amides is 1. The molecule has 0 aromatic carbocycles. The number of carbonyl (C=O) groups is 1. The minimum Gasteiger partial charge on any atom is -0.333 e. The number of hydrogen-bond donors (Lipinski definition) is 0. The summed E-state index contributed by atoms with van der Waals surface area (Å²) >= 11 is 3.31. The van der Waals surface area contributed by atoms with E-state index in [0.717, 1.165) is 54.8 Å². The monoisotopic (exact) mass is 348 g/mol. The van der Waals surface area contributed by atoms with Gasteiger partial charge in [-0.15, -0.1) is 11.3 Å². The van der Waals surface area contributed by atoms with E-state index in [1.807, 2.05) is 16.5 Å². The predicted octanol–water partition coefficient (Wildman–Crippen LogP) is 3.24. The SMILES string of the molecule is O=C(CC1=CSC2=NCCCN12)N1CCCCC1c1nccs1. The molecule has 5 nitrogen and oxygen atoms in total. The summed E-state index contributed by atoms with van der Waals surface area (Å²) in [5.41, 5.74) is 1.11. The standard InChI is InChI=1S/C16H20N4OS2/c21-14(10-12-11-23-16-18-5-3-8-19(12)16)20-7-2-1-4-13(20)15-17-6-9-22-15/h6,9,11,13H,1-5,7-8,10H2. The van der Waals surface area contributed by atoms with E-state index in [0.29, 0.717) is 6.42 Å². The van der Waals surface area contributed by atoms with Gasteiger partial charge in [-0.05, 0) is 31.1 Å². The van der Waals surface area contributed by atoms with Gasteiger partial charge in [0.1, 0.15) is 5.01 Å². The van der Waals surface area contributed by atoms with Crippen molar-refractivity contribution in [1.29, 1.82) is 0 Å². The molecule has 1 aromatic heterocycles. The van der Waals surface area contributed by atoms with E-state index in [4.69, 9.17) is 0 Å². The molecule has 1 saturated heterocycles. The first-order valence-corrected chi connectivity index (χ1v) is 9.95. The van der Waals surface area contributed by atoms with Crippen LogP contribution in [-0.4, -0.2) is 45.5 Å². The number of hydrogen-bond acceptors (Lipinski definition) is 6. The fourth-order valence-electron chi connectivity index (χ4n) is 3.42. The Morgan fingerprint density at radius 2 is 2.26 bits per heavy atom. The van der Waals surface area contributed by atoms with Gasteiger partial charge in [0.05, 0.1) is 12.5 Å². The first-order valence-electron chi connectivity index (χ1n) is 8.19. The van der Waals surface area contributed by atoms with Crippen LogP contribution in [0.5, 0.6) is 0 Å². The van der Waals surface area contributed by atoms with Crippen LogP contribution >= 0.6 is 23.1 Å². The van der Waals surface area contributed by atoms with E-state index >= 15 is 0 Å². The lowest BCUT2D eigenvalue weighted by Gasteiger charge is -2.35. The number of nitrogens with zero attached hydrogens (tertiary/aromatic N) is 4. The number of fused-ring (bicyclic) bond motifs is 1. The van der Waals surface area contributed by atoms with Gasteiger partial charge < -0.3 is 9.80 Å². The maximum absolute atomic E-state index is 12.9. The smallest absolute Gasteiger partial charge is 0.229 e. The van der Waals surface area contributed by atoms with Gasteiger partial charge in [-0.25, -0.2) is 4.98 Å². The second-order valence-electron chi connectivity index (χ2n) is 6.04. The molecule has 3 aliphatic heterocycles. The van der Waals surface area contributed by atoms with Crippen molar-refractivity contribution < 1.29 is 4.79 Å². The van der Waals surface area contributed by atoms with Gasteiger partial charge in [0.2, 0.25) is 5.91 Å². The highest BCUT2D eigenvalue weighted by Crippen LogP contribution is 2.35. The van der Waals surface area contributed by atoms with E-state index in [-0.39, 0.29) is 11.9 Å². The molecular weight excluding hydrogens is 328 g/mol. The largest absolute Gasteiger partial charge is 0.333 e. The lowest BCUT2D eigenvalue weighted by Crippen LogP contribution is -2.40. The second-order valence-corrected chi connectivity index (χ2v) is 7.81. The fraction of sp³-hybridized carbons (Fsp3) is 0.562. The number of piperidine rings is 1. The molecule has 1 aromatic rings. The zero-order valence-electron chi connectivity index (χ0n) is 13.0. The number of likely N-dealkylation sites (tertiary alicyclic amines) is 1. The van der Waals surface area contributed by atoms with Gasteiger partial charge in [-0.2, -0.15) is 0 Å². The maximum atomic E-state index is 12.9. The Bertz CT molecular complexity index is 641. The van der Waals surface area contributed by atoms with Gasteiger partial charge >= 0.3 is 0 Å². The number of aromatic nitrogens is 1. The topological polar surface area (TPSA) is 48.8 Å². The van der Waals surface area contributed by atoms with E-state index < -0.39 is 0 Å². The molecule has 1 fully saturated rings. The van der Waals surface area contributed by atoms with Crippen molar-refractivity contribution in [1.82, 2.24) is 14.8 Å². The van der Waals surface area contributed by atoms with E-state index in [1.165, 1.54) is 6.42 Å². The minimum absolute atomic E-state index is 0.167. The molecule has 4 rings (SSSR count). The lowest BCUT2D eigenvalue weighted by atomic mass is 10.0. The molecule has 0 N–H and O–H groups in total. The summed E-state index contributed by atoms with van der Waals surface area (Å²) in [7, 11) is 0. The van der Waals surface area contributed by atoms with Crippen LogP contribution in [0.25, 0.3) is 0 Å². The van der Waals surface area contributed by atoms with Gasteiger partial charge in [0.25, 0.3) is 0 Å². The summed E-state index contributed by atoms with van der Waals surface area (Å²) in [6.07, 6.45) is 6.69. The van der Waals surface area contributed by atoms with Crippen LogP contribution in [0, 0.1) is 0 Å². The summed E-state index contributed by atoms with van der Waals surface area (Å²) in [4.78, 5) is 26.2. The van der Waals surface area contributed by atoms with Crippen LogP contribution in [0.3, 0.4) is 0 Å². The third-order valence-electron chi connectivity index (χ3n) is 4.56. The first kappa shape index (κ1) is 15.2. The summed E-state index contributed by atoms with van der Waals surface area (Å²) < 4.78 is 0. The molecule has 3 aliphatic rings. The van der Waals surface area contributed by atoms with Crippen LogP contribution in [0.2, 0.25) is 0 Å². The Morgan fingerprint density at radius 1 is 1.30 bits per heavy atom. The third-order valence-corrected chi connectivity index (χ3v) is 6.38. The number of amidine groups is 1. The van der Waals surface area contributed by atoms with Crippen molar-refractivity contribution in [3.8, 4) is 0 Å². The number of thioether (sulfide) groups is 1. The third kappa shape index (κ3) is 3.04. The molecule has 0 aliphatic carbocycles. The van der Waals surface area contributed by atoms with Crippen LogP contribution in [-0.2, 0) is 4.79 Å². The average molecular weight is 348 g/mol. The lowest BCUT2D eigenvalue weighted by molar-refractivity contribution is -0.134. The normalized spacial score (nSPS) is 24.3. The molecule has 1 amide bonds. The Morgan fingerprint density at radius 3 is 3.13 bits per heavy atom. The van der Waals surface area contributed by atoms with Crippen molar-refractivity contribution in [3.63, 3.8) is 0 Å². The van der Waals surface area contributed by atoms with Crippen molar-refractivity contribution in [2.75, 3.05) is 19.6 Å². The van der Waals surface area contributed by atoms with Gasteiger partial charge in [-0.1, -0.05) is 11.8 Å². The molecule has 4 heterocycles. The van der Waals surface area contributed by atoms with E-state index in [1.54, 1.807) is 23.1 Å². The highest BCUT2D eigenvalue weighted by molar-refractivity contribution is 8.16. The highest BCUT2D eigenvalue weighted by Gasteiger charge is 2.32. The van der Waals surface area contributed by atoms with Crippen molar-refractivity contribution in [3.05, 3.63) is 27.7 Å². The number of rotatable bonds is 3. The van der Waals surface area contributed by atoms with Gasteiger partial charge in [0.15, 0.2) is 5.17 Å². The molecule has 7 heteroatoms. The van der Waals surface area contributed by atoms with Crippen LogP contribution in [0.15, 0.2) is 27.7 Å². The molecule has 1 unspecified atom stereocenters. The summed E-state index contributed by atoms with van der Waals surface area (Å²) in [5.74, 6) is 0.226. The van der Waals surface area contributed by atoms with Crippen molar-refractivity contribution in [2.24, 2.45) is 4.99 Å².